The molecular formula is C20H25N3O4. The third kappa shape index (κ3) is 5.17. The van der Waals surface area contributed by atoms with E-state index in [1.54, 1.807) is 11.0 Å². The van der Waals surface area contributed by atoms with E-state index in [9.17, 15) is 19.5 Å². The topological polar surface area (TPSA) is 98.7 Å². The summed E-state index contributed by atoms with van der Waals surface area (Å²) in [5.41, 5.74) is 0.909. The van der Waals surface area contributed by atoms with Crippen LogP contribution in [0.5, 0.6) is 0 Å². The van der Waals surface area contributed by atoms with Gasteiger partial charge in [0.1, 0.15) is 0 Å². The minimum atomic E-state index is -0.770. The lowest BCUT2D eigenvalue weighted by molar-refractivity contribution is -0.138. The first-order valence-corrected chi connectivity index (χ1v) is 9.30. The second-order valence-electron chi connectivity index (χ2n) is 7.06. The fourth-order valence-electron chi connectivity index (χ4n) is 3.59. The van der Waals surface area contributed by atoms with Crippen molar-refractivity contribution in [2.24, 2.45) is 5.92 Å². The van der Waals surface area contributed by atoms with E-state index in [1.807, 2.05) is 30.3 Å². The van der Waals surface area contributed by atoms with E-state index >= 15 is 0 Å². The highest BCUT2D eigenvalue weighted by Crippen LogP contribution is 2.28. The van der Waals surface area contributed by atoms with Crippen molar-refractivity contribution in [1.82, 2.24) is 15.5 Å². The minimum absolute atomic E-state index is 0.0578. The van der Waals surface area contributed by atoms with Gasteiger partial charge < -0.3 is 20.6 Å². The smallest absolute Gasteiger partial charge is 0.244 e. The van der Waals surface area contributed by atoms with Crippen LogP contribution in [0.4, 0.5) is 0 Å². The van der Waals surface area contributed by atoms with E-state index < -0.39 is 12.1 Å². The molecule has 3 amide bonds. The van der Waals surface area contributed by atoms with Gasteiger partial charge in [-0.25, -0.2) is 0 Å². The monoisotopic (exact) mass is 371 g/mol. The number of aliphatic hydroxyl groups excluding tert-OH is 1. The van der Waals surface area contributed by atoms with E-state index in [4.69, 9.17) is 0 Å². The Hall–Kier alpha value is -2.67. The van der Waals surface area contributed by atoms with Crippen LogP contribution in [0.3, 0.4) is 0 Å². The molecule has 0 bridgehead atoms. The second kappa shape index (κ2) is 8.81. The molecule has 2 fully saturated rings. The third-order valence-electron chi connectivity index (χ3n) is 5.01. The van der Waals surface area contributed by atoms with Crippen LogP contribution in [-0.2, 0) is 14.4 Å². The molecule has 2 aliphatic rings. The largest absolute Gasteiger partial charge is 0.391 e. The molecule has 1 saturated carbocycles. The highest BCUT2D eigenvalue weighted by atomic mass is 16.3. The van der Waals surface area contributed by atoms with Crippen LogP contribution in [0, 0.1) is 5.92 Å². The highest BCUT2D eigenvalue weighted by molar-refractivity contribution is 5.92. The maximum Gasteiger partial charge on any atom is 0.244 e. The number of amides is 3. The minimum Gasteiger partial charge on any atom is -0.391 e. The Kier molecular flexibility index (Phi) is 6.24. The van der Waals surface area contributed by atoms with Gasteiger partial charge in [-0.05, 0) is 30.9 Å². The van der Waals surface area contributed by atoms with E-state index in [-0.39, 0.29) is 30.2 Å². The molecule has 1 heterocycles. The van der Waals surface area contributed by atoms with Crippen molar-refractivity contribution >= 4 is 23.8 Å². The quantitative estimate of drug-likeness (QED) is 0.663. The molecule has 3 rings (SSSR count). The third-order valence-corrected chi connectivity index (χ3v) is 5.01. The van der Waals surface area contributed by atoms with Gasteiger partial charge in [-0.1, -0.05) is 30.3 Å². The van der Waals surface area contributed by atoms with E-state index in [0.717, 1.165) is 12.0 Å². The molecule has 0 unspecified atom stereocenters. The number of benzene rings is 1. The summed E-state index contributed by atoms with van der Waals surface area (Å²) in [6, 6.07) is 8.99. The lowest BCUT2D eigenvalue weighted by Crippen LogP contribution is -2.41. The summed E-state index contributed by atoms with van der Waals surface area (Å²) in [5.74, 6) is -0.961. The number of rotatable bonds is 4. The van der Waals surface area contributed by atoms with Crippen molar-refractivity contribution in [3.8, 4) is 0 Å². The van der Waals surface area contributed by atoms with E-state index in [1.165, 1.54) is 6.08 Å². The molecule has 1 aliphatic carbocycles. The molecule has 3 atom stereocenters. The molecule has 7 nitrogen and oxygen atoms in total. The maximum absolute atomic E-state index is 12.7. The summed E-state index contributed by atoms with van der Waals surface area (Å²) >= 11 is 0. The molecule has 1 aliphatic heterocycles. The first-order valence-electron chi connectivity index (χ1n) is 9.30. The summed E-state index contributed by atoms with van der Waals surface area (Å²) in [5, 5.41) is 15.8. The van der Waals surface area contributed by atoms with Crippen LogP contribution in [-0.4, -0.2) is 59.5 Å². The summed E-state index contributed by atoms with van der Waals surface area (Å²) in [6.45, 7) is 1.16. The van der Waals surface area contributed by atoms with Gasteiger partial charge in [-0.3, -0.25) is 14.4 Å². The molecule has 3 N–H and O–H groups in total. The Morgan fingerprint density at radius 3 is 2.78 bits per heavy atom. The predicted molar refractivity (Wildman–Crippen MR) is 100 cm³/mol. The van der Waals surface area contributed by atoms with E-state index in [0.29, 0.717) is 25.9 Å². The highest BCUT2D eigenvalue weighted by Gasteiger charge is 2.39. The summed E-state index contributed by atoms with van der Waals surface area (Å²) < 4.78 is 0. The average Bonchev–Trinajstić information content (AvgIpc) is 2.88. The molecule has 1 saturated heterocycles. The number of nitrogens with zero attached hydrogens (tertiary/aromatic N) is 1. The van der Waals surface area contributed by atoms with Crippen molar-refractivity contribution < 1.29 is 19.5 Å². The Balaban J connectivity index is 1.54. The van der Waals surface area contributed by atoms with Crippen LogP contribution in [0.2, 0.25) is 0 Å². The number of aliphatic hydroxyl groups is 1. The van der Waals surface area contributed by atoms with Crippen molar-refractivity contribution in [3.05, 3.63) is 42.0 Å². The molecule has 1 aromatic rings. The molecule has 7 heteroatoms. The molecule has 144 valence electrons. The molecule has 27 heavy (non-hydrogen) atoms. The Morgan fingerprint density at radius 2 is 2.00 bits per heavy atom. The van der Waals surface area contributed by atoms with Gasteiger partial charge >= 0.3 is 0 Å². The normalized spacial score (nSPS) is 25.9. The Morgan fingerprint density at radius 1 is 1.22 bits per heavy atom. The van der Waals surface area contributed by atoms with Crippen LogP contribution >= 0.6 is 0 Å². The number of carbonyl (C=O) groups is 3. The fourth-order valence-corrected chi connectivity index (χ4v) is 3.59. The van der Waals surface area contributed by atoms with Gasteiger partial charge in [-0.15, -0.1) is 0 Å². The van der Waals surface area contributed by atoms with Crippen molar-refractivity contribution in [2.45, 2.75) is 31.4 Å². The average molecular weight is 371 g/mol. The molecule has 0 spiro atoms. The number of carbonyl (C=O) groups excluding carboxylic acids is 3. The standard InChI is InChI=1S/C20H25N3O4/c24-17-12-15(20(27)23-10-4-9-21-19(26)13-23)11-16(17)22-18(25)8-7-14-5-2-1-3-6-14/h1-3,5-8,15-17,24H,4,9-13H2,(H,21,26)(H,22,25)/b8-7+/t15-,16+,17+/m0/s1. The number of hydrogen-bond acceptors (Lipinski definition) is 4. The van der Waals surface area contributed by atoms with Crippen molar-refractivity contribution in [1.29, 1.82) is 0 Å². The number of hydrogen-bond donors (Lipinski definition) is 3. The fraction of sp³-hybridized carbons (Fsp3) is 0.450. The Bertz CT molecular complexity index is 719. The molecular weight excluding hydrogens is 346 g/mol. The maximum atomic E-state index is 12.7. The van der Waals surface area contributed by atoms with Crippen LogP contribution in [0.15, 0.2) is 36.4 Å². The zero-order valence-electron chi connectivity index (χ0n) is 15.1. The van der Waals surface area contributed by atoms with Gasteiger partial charge in [0.15, 0.2) is 0 Å². The lowest BCUT2D eigenvalue weighted by atomic mass is 10.1. The number of nitrogens with one attached hydrogen (secondary N) is 2. The predicted octanol–water partition coefficient (Wildman–Crippen LogP) is 0.304. The molecule has 0 aromatic heterocycles. The molecule has 1 aromatic carbocycles. The SMILES string of the molecule is O=C(/C=C/c1ccccc1)N[C@@H]1C[C@H](C(=O)N2CCCNC(=O)C2)C[C@H]1O. The van der Waals surface area contributed by atoms with Gasteiger partial charge in [0, 0.05) is 25.1 Å². The van der Waals surface area contributed by atoms with Crippen molar-refractivity contribution in [3.63, 3.8) is 0 Å². The van der Waals surface area contributed by atoms with Gasteiger partial charge in [-0.2, -0.15) is 0 Å². The van der Waals surface area contributed by atoms with Gasteiger partial charge in [0.05, 0.1) is 18.7 Å². The summed E-state index contributed by atoms with van der Waals surface area (Å²) in [7, 11) is 0. The Labute approximate surface area is 158 Å². The van der Waals surface area contributed by atoms with Crippen molar-refractivity contribution in [2.75, 3.05) is 19.6 Å². The zero-order chi connectivity index (χ0) is 19.2. The van der Waals surface area contributed by atoms with Gasteiger partial charge in [0.25, 0.3) is 0 Å². The van der Waals surface area contributed by atoms with E-state index in [2.05, 4.69) is 10.6 Å². The zero-order valence-corrected chi connectivity index (χ0v) is 15.1. The van der Waals surface area contributed by atoms with Crippen LogP contribution in [0.1, 0.15) is 24.8 Å². The second-order valence-corrected chi connectivity index (χ2v) is 7.06. The summed E-state index contributed by atoms with van der Waals surface area (Å²) in [4.78, 5) is 38.0. The molecule has 0 radical (unpaired) electrons. The van der Waals surface area contributed by atoms with Crippen LogP contribution in [0.25, 0.3) is 6.08 Å². The van der Waals surface area contributed by atoms with Gasteiger partial charge in [0.2, 0.25) is 17.7 Å². The summed E-state index contributed by atoms with van der Waals surface area (Å²) in [6.07, 6.45) is 3.75. The van der Waals surface area contributed by atoms with Crippen LogP contribution < -0.4 is 10.6 Å². The first-order chi connectivity index (χ1) is 13.0. The first kappa shape index (κ1) is 19.1. The lowest BCUT2D eigenvalue weighted by Gasteiger charge is -2.22.